The molecular weight excluding hydrogens is 332 g/mol. The fourth-order valence-corrected chi connectivity index (χ4v) is 2.63. The molecule has 4 nitrogen and oxygen atoms in total. The molecule has 0 amide bonds. The van der Waals surface area contributed by atoms with Crippen molar-refractivity contribution in [1.82, 2.24) is 10.3 Å². The molecule has 0 atom stereocenters. The fraction of sp³-hybridized carbons (Fsp3) is 0.312. The lowest BCUT2D eigenvalue weighted by Gasteiger charge is -2.14. The first kappa shape index (κ1) is 15.8. The summed E-state index contributed by atoms with van der Waals surface area (Å²) in [4.78, 5) is 4.28. The number of benzene rings is 1. The van der Waals surface area contributed by atoms with Crippen molar-refractivity contribution in [3.05, 3.63) is 52.3 Å². The summed E-state index contributed by atoms with van der Waals surface area (Å²) in [7, 11) is 3.56. The van der Waals surface area contributed by atoms with E-state index < -0.39 is 0 Å². The average Bonchev–Trinajstić information content (AvgIpc) is 2.50. The van der Waals surface area contributed by atoms with Crippen molar-refractivity contribution >= 4 is 15.9 Å². The Hall–Kier alpha value is -1.59. The number of aromatic nitrogens is 1. The molecule has 0 radical (unpaired) electrons. The van der Waals surface area contributed by atoms with Crippen LogP contribution >= 0.6 is 15.9 Å². The Labute approximate surface area is 133 Å². The Morgan fingerprint density at radius 1 is 1.29 bits per heavy atom. The summed E-state index contributed by atoms with van der Waals surface area (Å²) in [6.07, 6.45) is 2.55. The average molecular weight is 351 g/mol. The van der Waals surface area contributed by atoms with Crippen molar-refractivity contribution in [2.45, 2.75) is 13.0 Å². The van der Waals surface area contributed by atoms with Crippen LogP contribution in [0.3, 0.4) is 0 Å². The number of hydrogen-bond donors (Lipinski definition) is 1. The molecule has 2 rings (SSSR count). The van der Waals surface area contributed by atoms with E-state index in [0.29, 0.717) is 6.61 Å². The molecule has 2 aromatic rings. The number of nitrogens with one attached hydrogen (secondary N) is 1. The Balaban J connectivity index is 2.05. The molecule has 0 fully saturated rings. The van der Waals surface area contributed by atoms with E-state index in [-0.39, 0.29) is 0 Å². The van der Waals surface area contributed by atoms with Crippen molar-refractivity contribution in [3.8, 4) is 11.5 Å². The molecule has 112 valence electrons. The van der Waals surface area contributed by atoms with Gasteiger partial charge < -0.3 is 14.8 Å². The van der Waals surface area contributed by atoms with Crippen LogP contribution in [0.5, 0.6) is 11.5 Å². The molecule has 1 heterocycles. The summed E-state index contributed by atoms with van der Waals surface area (Å²) >= 11 is 3.55. The van der Waals surface area contributed by atoms with Crippen molar-refractivity contribution in [2.24, 2.45) is 0 Å². The number of methoxy groups -OCH3 is 1. The molecular formula is C16H19BrN2O2. The van der Waals surface area contributed by atoms with Crippen LogP contribution in [-0.4, -0.2) is 25.7 Å². The van der Waals surface area contributed by atoms with Gasteiger partial charge >= 0.3 is 0 Å². The second kappa shape index (κ2) is 8.00. The third-order valence-electron chi connectivity index (χ3n) is 3.00. The van der Waals surface area contributed by atoms with Gasteiger partial charge in [0.1, 0.15) is 0 Å². The highest BCUT2D eigenvalue weighted by Gasteiger charge is 2.11. The summed E-state index contributed by atoms with van der Waals surface area (Å²) in [6.45, 7) is 1.33. The molecule has 0 saturated carbocycles. The molecule has 0 saturated heterocycles. The highest BCUT2D eigenvalue weighted by atomic mass is 79.9. The molecule has 1 N–H and O–H groups in total. The lowest BCUT2D eigenvalue weighted by Crippen LogP contribution is -2.07. The molecule has 1 aromatic heterocycles. The largest absolute Gasteiger partial charge is 0.493 e. The van der Waals surface area contributed by atoms with Gasteiger partial charge in [0.15, 0.2) is 11.5 Å². The van der Waals surface area contributed by atoms with E-state index in [1.807, 2.05) is 37.4 Å². The van der Waals surface area contributed by atoms with E-state index >= 15 is 0 Å². The Morgan fingerprint density at radius 3 is 2.81 bits per heavy atom. The van der Waals surface area contributed by atoms with Gasteiger partial charge in [-0.05, 0) is 52.8 Å². The SMILES string of the molecule is CNCc1cc(Br)c(OCCc2ccccn2)c(OC)c1. The molecule has 0 aliphatic carbocycles. The van der Waals surface area contributed by atoms with Crippen LogP contribution in [0.15, 0.2) is 41.0 Å². The second-order valence-electron chi connectivity index (χ2n) is 4.56. The van der Waals surface area contributed by atoms with Crippen LogP contribution in [0.1, 0.15) is 11.3 Å². The number of nitrogens with zero attached hydrogens (tertiary/aromatic N) is 1. The van der Waals surface area contributed by atoms with Crippen molar-refractivity contribution < 1.29 is 9.47 Å². The van der Waals surface area contributed by atoms with Crippen LogP contribution in [0.2, 0.25) is 0 Å². The van der Waals surface area contributed by atoms with Crippen LogP contribution in [0.4, 0.5) is 0 Å². The van der Waals surface area contributed by atoms with Gasteiger partial charge in [-0.25, -0.2) is 0 Å². The Morgan fingerprint density at radius 2 is 2.14 bits per heavy atom. The van der Waals surface area contributed by atoms with Crippen LogP contribution < -0.4 is 14.8 Å². The maximum Gasteiger partial charge on any atom is 0.175 e. The summed E-state index contributed by atoms with van der Waals surface area (Å²) in [6, 6.07) is 9.90. The number of rotatable bonds is 7. The molecule has 0 aliphatic rings. The van der Waals surface area contributed by atoms with E-state index in [1.165, 1.54) is 0 Å². The van der Waals surface area contributed by atoms with Crippen LogP contribution in [-0.2, 0) is 13.0 Å². The van der Waals surface area contributed by atoms with Gasteiger partial charge in [-0.3, -0.25) is 4.98 Å². The molecule has 1 aromatic carbocycles. The zero-order chi connectivity index (χ0) is 15.1. The Kier molecular flexibility index (Phi) is 6.02. The zero-order valence-corrected chi connectivity index (χ0v) is 13.8. The first-order chi connectivity index (χ1) is 10.2. The smallest absolute Gasteiger partial charge is 0.175 e. The van der Waals surface area contributed by atoms with Gasteiger partial charge in [0.05, 0.1) is 18.2 Å². The van der Waals surface area contributed by atoms with Crippen LogP contribution in [0.25, 0.3) is 0 Å². The summed E-state index contributed by atoms with van der Waals surface area (Å²) in [5.41, 5.74) is 2.15. The van der Waals surface area contributed by atoms with Gasteiger partial charge in [0, 0.05) is 24.9 Å². The van der Waals surface area contributed by atoms with E-state index in [4.69, 9.17) is 9.47 Å². The molecule has 21 heavy (non-hydrogen) atoms. The second-order valence-corrected chi connectivity index (χ2v) is 5.41. The summed E-state index contributed by atoms with van der Waals surface area (Å²) in [5, 5.41) is 3.12. The molecule has 0 unspecified atom stereocenters. The monoisotopic (exact) mass is 350 g/mol. The third kappa shape index (κ3) is 4.44. The van der Waals surface area contributed by atoms with Gasteiger partial charge in [-0.2, -0.15) is 0 Å². The molecule has 5 heteroatoms. The predicted octanol–water partition coefficient (Wildman–Crippen LogP) is 3.19. The first-order valence-corrected chi connectivity index (χ1v) is 7.57. The first-order valence-electron chi connectivity index (χ1n) is 6.78. The number of ether oxygens (including phenoxy) is 2. The van der Waals surface area contributed by atoms with E-state index in [9.17, 15) is 0 Å². The number of halogens is 1. The highest BCUT2D eigenvalue weighted by molar-refractivity contribution is 9.10. The van der Waals surface area contributed by atoms with E-state index in [2.05, 4.69) is 26.2 Å². The van der Waals surface area contributed by atoms with Crippen molar-refractivity contribution in [1.29, 1.82) is 0 Å². The normalized spacial score (nSPS) is 10.4. The third-order valence-corrected chi connectivity index (χ3v) is 3.59. The fourth-order valence-electron chi connectivity index (χ4n) is 2.02. The molecule has 0 spiro atoms. The number of hydrogen-bond acceptors (Lipinski definition) is 4. The molecule has 0 aliphatic heterocycles. The zero-order valence-electron chi connectivity index (χ0n) is 12.2. The van der Waals surface area contributed by atoms with Crippen molar-refractivity contribution in [2.75, 3.05) is 20.8 Å². The topological polar surface area (TPSA) is 43.4 Å². The minimum Gasteiger partial charge on any atom is -0.493 e. The summed E-state index contributed by atoms with van der Waals surface area (Å²) in [5.74, 6) is 1.46. The van der Waals surface area contributed by atoms with Crippen molar-refractivity contribution in [3.63, 3.8) is 0 Å². The minimum absolute atomic E-state index is 0.553. The summed E-state index contributed by atoms with van der Waals surface area (Å²) < 4.78 is 12.2. The van der Waals surface area contributed by atoms with Gasteiger partial charge in [0.25, 0.3) is 0 Å². The van der Waals surface area contributed by atoms with E-state index in [0.717, 1.165) is 40.2 Å². The standard InChI is InChI=1S/C16H19BrN2O2/c1-18-11-12-9-14(17)16(15(10-12)20-2)21-8-6-13-5-3-4-7-19-13/h3-5,7,9-10,18H,6,8,11H2,1-2H3. The lowest BCUT2D eigenvalue weighted by atomic mass is 10.2. The highest BCUT2D eigenvalue weighted by Crippen LogP contribution is 2.36. The quantitative estimate of drug-likeness (QED) is 0.832. The maximum absolute atomic E-state index is 5.86. The van der Waals surface area contributed by atoms with Gasteiger partial charge in [-0.1, -0.05) is 6.07 Å². The minimum atomic E-state index is 0.553. The van der Waals surface area contributed by atoms with E-state index in [1.54, 1.807) is 13.3 Å². The lowest BCUT2D eigenvalue weighted by molar-refractivity contribution is 0.294. The van der Waals surface area contributed by atoms with Gasteiger partial charge in [0.2, 0.25) is 0 Å². The van der Waals surface area contributed by atoms with Gasteiger partial charge in [-0.15, -0.1) is 0 Å². The maximum atomic E-state index is 5.86. The van der Waals surface area contributed by atoms with Crippen LogP contribution in [0, 0.1) is 0 Å². The molecule has 0 bridgehead atoms. The Bertz CT molecular complexity index is 576. The predicted molar refractivity (Wildman–Crippen MR) is 86.9 cm³/mol. The number of pyridine rings is 1.